The number of ether oxygens (including phenoxy) is 2. The minimum atomic E-state index is -5.86. The molecule has 25 nitrogen and oxygen atoms in total. The van der Waals surface area contributed by atoms with Crippen molar-refractivity contribution in [1.29, 1.82) is 0 Å². The predicted molar refractivity (Wildman–Crippen MR) is 146 cm³/mol. The Morgan fingerprint density at radius 1 is 1.26 bits per heavy atom. The van der Waals surface area contributed by atoms with Gasteiger partial charge < -0.3 is 34.8 Å². The van der Waals surface area contributed by atoms with E-state index in [0.29, 0.717) is 0 Å². The third-order valence-corrected chi connectivity index (χ3v) is 9.64. The van der Waals surface area contributed by atoms with E-state index in [4.69, 9.17) is 30.5 Å². The Hall–Kier alpha value is -4.08. The van der Waals surface area contributed by atoms with E-state index in [2.05, 4.69) is 38.1 Å². The van der Waals surface area contributed by atoms with Gasteiger partial charge in [-0.1, -0.05) is 5.11 Å². The highest BCUT2D eigenvalue weighted by Crippen LogP contribution is 2.66. The highest BCUT2D eigenvalue weighted by atomic mass is 31.3. The van der Waals surface area contributed by atoms with Gasteiger partial charge in [0.05, 0.1) is 30.0 Å². The summed E-state index contributed by atoms with van der Waals surface area (Å²) in [4.78, 5) is 85.3. The fourth-order valence-corrected chi connectivity index (χ4v) is 7.13. The molecule has 3 aromatic rings. The summed E-state index contributed by atoms with van der Waals surface area (Å²) in [6.07, 6.45) is -3.30. The van der Waals surface area contributed by atoms with Crippen LogP contribution in [0.2, 0.25) is 0 Å². The van der Waals surface area contributed by atoms with Crippen molar-refractivity contribution in [3.05, 3.63) is 66.6 Å². The van der Waals surface area contributed by atoms with Crippen molar-refractivity contribution in [2.45, 2.75) is 31.4 Å². The number of rotatable bonds is 13. The van der Waals surface area contributed by atoms with Crippen molar-refractivity contribution in [3.63, 3.8) is 0 Å². The molecule has 2 aromatic heterocycles. The number of H-pyrrole nitrogens is 1. The summed E-state index contributed by atoms with van der Waals surface area (Å²) in [5.74, 6) is -1.43. The Labute approximate surface area is 253 Å². The molecule has 4 rings (SSSR count). The number of imidazole rings is 1. The van der Waals surface area contributed by atoms with Crippen LogP contribution in [0.4, 0.5) is 11.6 Å². The van der Waals surface area contributed by atoms with Crippen LogP contribution in [0.1, 0.15) is 28.6 Å². The number of aromatic nitrogens is 4. The van der Waals surface area contributed by atoms with Crippen molar-refractivity contribution in [2.75, 3.05) is 12.3 Å². The maximum absolute atomic E-state index is 13.2. The third kappa shape index (κ3) is 8.59. The molecule has 0 saturated carbocycles. The van der Waals surface area contributed by atoms with Gasteiger partial charge in [-0.3, -0.25) is 29.0 Å². The van der Waals surface area contributed by atoms with Crippen LogP contribution in [0.15, 0.2) is 34.4 Å². The largest absolute Gasteiger partial charge is 0.490 e. The van der Waals surface area contributed by atoms with Crippen LogP contribution in [0, 0.1) is 10.1 Å². The first kappa shape index (κ1) is 34.8. The number of anilines is 1. The zero-order valence-corrected chi connectivity index (χ0v) is 25.1. The predicted octanol–water partition coefficient (Wildman–Crippen LogP) is 1.28. The lowest BCUT2D eigenvalue weighted by Crippen LogP contribution is -2.31. The molecule has 5 atom stereocenters. The van der Waals surface area contributed by atoms with Crippen molar-refractivity contribution in [1.82, 2.24) is 19.5 Å². The quantitative estimate of drug-likeness (QED) is 0.0276. The summed E-state index contributed by atoms with van der Waals surface area (Å²) in [6.45, 7) is -1.54. The number of nitrogen functional groups attached to an aromatic ring is 1. The SMILES string of the molecule is [N-]=[N+]=NCc1cc([N+](=O)[O-])ccc1C(=O)OC1C[C@H](n2cnc3c(=O)[nH]c(N)nc32)O[C@@H]1COP(=O)(O)OP(=O)(O)OP(=O)(O)O. The number of carbonyl (C=O) groups is 1. The number of fused-ring (bicyclic) bond motifs is 1. The van der Waals surface area contributed by atoms with E-state index in [1.54, 1.807) is 0 Å². The molecule has 28 heteroatoms. The van der Waals surface area contributed by atoms with Crippen molar-refractivity contribution in [3.8, 4) is 0 Å². The lowest BCUT2D eigenvalue weighted by atomic mass is 10.1. The number of nitrogens with zero attached hydrogens (tertiary/aromatic N) is 7. The van der Waals surface area contributed by atoms with Crippen LogP contribution in [0.25, 0.3) is 21.6 Å². The molecule has 0 radical (unpaired) electrons. The molecule has 1 saturated heterocycles. The molecular formula is C18H20N9O16P3. The number of carbonyl (C=O) groups excluding carboxylic acids is 1. The molecule has 1 fully saturated rings. The van der Waals surface area contributed by atoms with Crippen LogP contribution in [0.5, 0.6) is 0 Å². The molecule has 3 unspecified atom stereocenters. The fraction of sp³-hybridized carbons (Fsp3) is 0.333. The lowest BCUT2D eigenvalue weighted by molar-refractivity contribution is -0.384. The molecule has 248 valence electrons. The summed E-state index contributed by atoms with van der Waals surface area (Å²) in [6, 6.07) is 2.97. The van der Waals surface area contributed by atoms with Crippen molar-refractivity contribution >= 4 is 52.2 Å². The number of nitrogens with two attached hydrogens (primary N) is 1. The summed E-state index contributed by atoms with van der Waals surface area (Å²) in [5, 5.41) is 14.5. The molecule has 7 N–H and O–H groups in total. The molecule has 46 heavy (non-hydrogen) atoms. The van der Waals surface area contributed by atoms with Crippen LogP contribution < -0.4 is 11.3 Å². The fourth-order valence-electron chi connectivity index (χ4n) is 4.10. The minimum absolute atomic E-state index is 0.0862. The Balaban J connectivity index is 1.63. The molecule has 1 aliphatic rings. The number of benzene rings is 1. The Morgan fingerprint density at radius 2 is 1.98 bits per heavy atom. The molecule has 3 heterocycles. The van der Waals surface area contributed by atoms with Gasteiger partial charge in [-0.2, -0.15) is 13.6 Å². The van der Waals surface area contributed by atoms with E-state index < -0.39 is 77.2 Å². The molecule has 0 bridgehead atoms. The molecule has 0 aliphatic carbocycles. The topological polar surface area (TPSA) is 377 Å². The van der Waals surface area contributed by atoms with E-state index in [-0.39, 0.29) is 34.7 Å². The Bertz CT molecular complexity index is 1940. The zero-order chi connectivity index (χ0) is 34.0. The number of aromatic amines is 1. The number of non-ortho nitro benzene ring substituents is 1. The standard InChI is InChI=1S/C18H20N9O16P3/c19-18-23-15-14(16(28)24-18)21-7-26(15)13-4-11(12(40-13)6-39-45(35,36)43-46(37,38)42-44(32,33)34)41-17(29)10-2-1-9(27(30)31)3-8(10)5-22-25-20/h1-3,7,11-13H,4-6H2,(H,35,36)(H,37,38)(H2,32,33,34)(H3,19,23,24,28)/t11?,12-,13-/m1/s1. The highest BCUT2D eigenvalue weighted by molar-refractivity contribution is 7.66. The second-order valence-electron chi connectivity index (χ2n) is 8.96. The number of hydrogen-bond donors (Lipinski definition) is 6. The molecule has 1 aromatic carbocycles. The van der Waals surface area contributed by atoms with E-state index in [0.717, 1.165) is 24.5 Å². The summed E-state index contributed by atoms with van der Waals surface area (Å²) in [5.41, 5.74) is 12.5. The number of phosphoric ester groups is 1. The number of esters is 1. The second kappa shape index (κ2) is 13.3. The van der Waals surface area contributed by atoms with Gasteiger partial charge in [0.2, 0.25) is 5.95 Å². The monoisotopic (exact) mass is 711 g/mol. The number of nitro benzene ring substituents is 1. The Kier molecular flexibility index (Phi) is 10.1. The number of azide groups is 1. The van der Waals surface area contributed by atoms with Gasteiger partial charge in [0.15, 0.2) is 11.2 Å². The smallest absolute Gasteiger partial charge is 0.456 e. The first-order chi connectivity index (χ1) is 21.4. The van der Waals surface area contributed by atoms with Gasteiger partial charge in [-0.25, -0.2) is 23.5 Å². The number of hydrogen-bond acceptors (Lipinski definition) is 16. The van der Waals surface area contributed by atoms with E-state index in [9.17, 15) is 43.2 Å². The van der Waals surface area contributed by atoms with Gasteiger partial charge in [-0.05, 0) is 17.2 Å². The highest BCUT2D eigenvalue weighted by Gasteiger charge is 2.44. The summed E-state index contributed by atoms with van der Waals surface area (Å²) >= 11 is 0. The second-order valence-corrected chi connectivity index (χ2v) is 13.4. The molecular weight excluding hydrogens is 691 g/mol. The Morgan fingerprint density at radius 3 is 2.63 bits per heavy atom. The van der Waals surface area contributed by atoms with Crippen molar-refractivity contribution in [2.24, 2.45) is 5.11 Å². The van der Waals surface area contributed by atoms with Crippen LogP contribution >= 0.6 is 23.5 Å². The van der Waals surface area contributed by atoms with Gasteiger partial charge >= 0.3 is 29.4 Å². The average Bonchev–Trinajstić information content (AvgIpc) is 3.52. The molecule has 1 aliphatic heterocycles. The lowest BCUT2D eigenvalue weighted by Gasteiger charge is -2.21. The maximum Gasteiger partial charge on any atom is 0.490 e. The third-order valence-electron chi connectivity index (χ3n) is 5.84. The average molecular weight is 711 g/mol. The van der Waals surface area contributed by atoms with Crippen LogP contribution in [-0.2, 0) is 42.9 Å². The maximum atomic E-state index is 13.2. The van der Waals surface area contributed by atoms with Gasteiger partial charge in [0.1, 0.15) is 18.4 Å². The zero-order valence-electron chi connectivity index (χ0n) is 22.4. The number of phosphoric acid groups is 3. The molecule has 0 spiro atoms. The normalized spacial score (nSPS) is 20.8. The minimum Gasteiger partial charge on any atom is -0.456 e. The van der Waals surface area contributed by atoms with E-state index in [1.807, 2.05) is 0 Å². The number of nitro groups is 1. The van der Waals surface area contributed by atoms with Gasteiger partial charge in [0.25, 0.3) is 11.2 Å². The van der Waals surface area contributed by atoms with Gasteiger partial charge in [-0.15, -0.1) is 0 Å². The number of nitrogens with one attached hydrogen (secondary N) is 1. The van der Waals surface area contributed by atoms with Crippen LogP contribution in [0.3, 0.4) is 0 Å². The van der Waals surface area contributed by atoms with E-state index >= 15 is 0 Å². The summed E-state index contributed by atoms with van der Waals surface area (Å²) in [7, 11) is -17.2. The summed E-state index contributed by atoms with van der Waals surface area (Å²) < 4.78 is 59.4. The first-order valence-electron chi connectivity index (χ1n) is 12.0. The first-order valence-corrected chi connectivity index (χ1v) is 16.6. The van der Waals surface area contributed by atoms with E-state index in [1.165, 1.54) is 4.57 Å². The van der Waals surface area contributed by atoms with Gasteiger partial charge in [0, 0.05) is 23.5 Å². The van der Waals surface area contributed by atoms with Crippen molar-refractivity contribution < 1.29 is 65.6 Å². The van der Waals surface area contributed by atoms with Crippen LogP contribution in [-0.4, -0.2) is 68.8 Å². The molecule has 0 amide bonds.